The number of nitrogens with zero attached hydrogens (tertiary/aromatic N) is 1. The fourth-order valence-electron chi connectivity index (χ4n) is 2.37. The van der Waals surface area contributed by atoms with Crippen LogP contribution in [0.2, 0.25) is 0 Å². The van der Waals surface area contributed by atoms with E-state index in [4.69, 9.17) is 0 Å². The smallest absolute Gasteiger partial charge is 0.185 e. The van der Waals surface area contributed by atoms with E-state index in [2.05, 4.69) is 27.6 Å². The lowest BCUT2D eigenvalue weighted by molar-refractivity contribution is 0.0988. The van der Waals surface area contributed by atoms with Crippen LogP contribution < -0.4 is 0 Å². The molecular formula is C18H14INO. The number of aryl methyl sites for hydroxylation is 1. The van der Waals surface area contributed by atoms with Crippen LogP contribution in [-0.2, 0) is 6.42 Å². The van der Waals surface area contributed by atoms with E-state index in [0.717, 1.165) is 22.0 Å². The number of para-hydroxylation sites is 1. The molecule has 0 atom stereocenters. The molecule has 2 aromatic carbocycles. The molecule has 0 aliphatic heterocycles. The lowest BCUT2D eigenvalue weighted by Gasteiger charge is -2.06. The Hall–Kier alpha value is -1.75. The first kappa shape index (κ1) is 14.2. The van der Waals surface area contributed by atoms with Crippen LogP contribution in [0.15, 0.2) is 54.6 Å². The third kappa shape index (κ3) is 3.13. The van der Waals surface area contributed by atoms with Crippen molar-refractivity contribution in [2.45, 2.75) is 13.3 Å². The topological polar surface area (TPSA) is 30.0 Å². The molecule has 0 saturated carbocycles. The Labute approximate surface area is 137 Å². The molecule has 3 heteroatoms. The molecule has 0 radical (unpaired) electrons. The monoisotopic (exact) mass is 387 g/mol. The molecule has 21 heavy (non-hydrogen) atoms. The molecule has 2 nitrogen and oxygen atoms in total. The van der Waals surface area contributed by atoms with Gasteiger partial charge in [0.25, 0.3) is 0 Å². The van der Waals surface area contributed by atoms with Crippen LogP contribution >= 0.6 is 22.6 Å². The fourth-order valence-corrected chi connectivity index (χ4v) is 2.73. The van der Waals surface area contributed by atoms with Crippen LogP contribution in [0.25, 0.3) is 10.9 Å². The van der Waals surface area contributed by atoms with Gasteiger partial charge in [-0.25, -0.2) is 4.98 Å². The number of carbonyl (C=O) groups is 1. The summed E-state index contributed by atoms with van der Waals surface area (Å²) in [5, 5.41) is 1.10. The van der Waals surface area contributed by atoms with Crippen LogP contribution in [0.1, 0.15) is 21.6 Å². The van der Waals surface area contributed by atoms with Gasteiger partial charge in [-0.3, -0.25) is 4.79 Å². The predicted octanol–water partition coefficient (Wildman–Crippen LogP) is 4.57. The second-order valence-electron chi connectivity index (χ2n) is 5.07. The van der Waals surface area contributed by atoms with Gasteiger partial charge in [-0.05, 0) is 64.9 Å². The highest BCUT2D eigenvalue weighted by Crippen LogP contribution is 2.18. The first-order valence-corrected chi connectivity index (χ1v) is 7.85. The summed E-state index contributed by atoms with van der Waals surface area (Å²) in [4.78, 5) is 16.9. The summed E-state index contributed by atoms with van der Waals surface area (Å²) in [5.41, 5.74) is 3.53. The Balaban J connectivity index is 1.92. The van der Waals surface area contributed by atoms with Crippen molar-refractivity contribution in [3.05, 3.63) is 75.0 Å². The van der Waals surface area contributed by atoms with Crippen LogP contribution in [0.4, 0.5) is 0 Å². The van der Waals surface area contributed by atoms with Gasteiger partial charge >= 0.3 is 0 Å². The van der Waals surface area contributed by atoms with E-state index in [1.165, 1.54) is 3.57 Å². The molecule has 0 bridgehead atoms. The average Bonchev–Trinajstić information content (AvgIpc) is 2.49. The number of hydrogen-bond acceptors (Lipinski definition) is 2. The molecule has 0 aliphatic rings. The van der Waals surface area contributed by atoms with Crippen molar-refractivity contribution in [3.8, 4) is 0 Å². The van der Waals surface area contributed by atoms with Crippen molar-refractivity contribution in [1.29, 1.82) is 0 Å². The summed E-state index contributed by atoms with van der Waals surface area (Å²) in [7, 11) is 0. The van der Waals surface area contributed by atoms with Crippen molar-refractivity contribution in [2.75, 3.05) is 0 Å². The van der Waals surface area contributed by atoms with Crippen molar-refractivity contribution in [1.82, 2.24) is 4.98 Å². The molecular weight excluding hydrogens is 373 g/mol. The first-order chi connectivity index (χ1) is 10.1. The highest BCUT2D eigenvalue weighted by molar-refractivity contribution is 14.1. The van der Waals surface area contributed by atoms with Crippen LogP contribution in [0.5, 0.6) is 0 Å². The third-order valence-electron chi connectivity index (χ3n) is 3.49. The average molecular weight is 387 g/mol. The van der Waals surface area contributed by atoms with Gasteiger partial charge in [0.15, 0.2) is 5.78 Å². The quantitative estimate of drug-likeness (QED) is 0.487. The van der Waals surface area contributed by atoms with E-state index >= 15 is 0 Å². The van der Waals surface area contributed by atoms with E-state index in [-0.39, 0.29) is 5.78 Å². The molecule has 1 heterocycles. The van der Waals surface area contributed by atoms with Gasteiger partial charge in [-0.1, -0.05) is 30.3 Å². The molecule has 0 saturated heterocycles. The summed E-state index contributed by atoms with van der Waals surface area (Å²) in [5.74, 6) is 0.0602. The molecule has 0 aliphatic carbocycles. The number of hydrogen-bond donors (Lipinski definition) is 0. The Kier molecular flexibility index (Phi) is 4.01. The van der Waals surface area contributed by atoms with Gasteiger partial charge in [0, 0.05) is 15.4 Å². The maximum atomic E-state index is 12.4. The van der Waals surface area contributed by atoms with E-state index in [1.807, 2.05) is 61.5 Å². The Morgan fingerprint density at radius 1 is 1.10 bits per heavy atom. The lowest BCUT2D eigenvalue weighted by atomic mass is 10.0. The zero-order valence-corrected chi connectivity index (χ0v) is 13.8. The maximum absolute atomic E-state index is 12.4. The van der Waals surface area contributed by atoms with Crippen LogP contribution in [0.3, 0.4) is 0 Å². The largest absolute Gasteiger partial charge is 0.292 e. The molecule has 0 fully saturated rings. The number of Topliss-reactive ketones (excluding diaryl/α,β-unsaturated/α-hetero) is 1. The summed E-state index contributed by atoms with van der Waals surface area (Å²) < 4.78 is 1.17. The zero-order chi connectivity index (χ0) is 14.8. The Bertz CT molecular complexity index is 809. The van der Waals surface area contributed by atoms with Crippen molar-refractivity contribution in [2.24, 2.45) is 0 Å². The zero-order valence-electron chi connectivity index (χ0n) is 11.6. The standard InChI is InChI=1S/C18H14INO/c1-12-10-17(20-16-5-3-2-4-15(12)16)18(21)11-13-6-8-14(19)9-7-13/h2-10H,11H2,1H3. The van der Waals surface area contributed by atoms with Gasteiger partial charge in [0.1, 0.15) is 5.69 Å². The van der Waals surface area contributed by atoms with Crippen molar-refractivity contribution < 1.29 is 4.79 Å². The Morgan fingerprint density at radius 3 is 2.57 bits per heavy atom. The summed E-state index contributed by atoms with van der Waals surface area (Å²) in [6, 6.07) is 17.8. The van der Waals surface area contributed by atoms with Crippen molar-refractivity contribution in [3.63, 3.8) is 0 Å². The number of fused-ring (bicyclic) bond motifs is 1. The molecule has 3 aromatic rings. The second kappa shape index (κ2) is 5.93. The van der Waals surface area contributed by atoms with E-state index < -0.39 is 0 Å². The minimum atomic E-state index is 0.0602. The van der Waals surface area contributed by atoms with Gasteiger partial charge in [0.2, 0.25) is 0 Å². The van der Waals surface area contributed by atoms with E-state index in [0.29, 0.717) is 12.1 Å². The number of pyridine rings is 1. The number of carbonyl (C=O) groups excluding carboxylic acids is 1. The van der Waals surface area contributed by atoms with Gasteiger partial charge in [-0.15, -0.1) is 0 Å². The first-order valence-electron chi connectivity index (χ1n) is 6.77. The molecule has 0 unspecified atom stereocenters. The van der Waals surface area contributed by atoms with Crippen LogP contribution in [-0.4, -0.2) is 10.8 Å². The van der Waals surface area contributed by atoms with Gasteiger partial charge < -0.3 is 0 Å². The lowest BCUT2D eigenvalue weighted by Crippen LogP contribution is -2.07. The number of ketones is 1. The number of rotatable bonds is 3. The molecule has 0 amide bonds. The molecule has 0 spiro atoms. The second-order valence-corrected chi connectivity index (χ2v) is 6.31. The molecule has 3 rings (SSSR count). The number of halogens is 1. The number of aromatic nitrogens is 1. The molecule has 1 aromatic heterocycles. The SMILES string of the molecule is Cc1cc(C(=O)Cc2ccc(I)cc2)nc2ccccc12. The fraction of sp³-hybridized carbons (Fsp3) is 0.111. The van der Waals surface area contributed by atoms with Gasteiger partial charge in [0.05, 0.1) is 5.52 Å². The minimum Gasteiger partial charge on any atom is -0.292 e. The molecule has 104 valence electrons. The van der Waals surface area contributed by atoms with Gasteiger partial charge in [-0.2, -0.15) is 0 Å². The van der Waals surface area contributed by atoms with E-state index in [1.54, 1.807) is 0 Å². The molecule has 0 N–H and O–H groups in total. The van der Waals surface area contributed by atoms with E-state index in [9.17, 15) is 4.79 Å². The third-order valence-corrected chi connectivity index (χ3v) is 4.21. The predicted molar refractivity (Wildman–Crippen MR) is 93.7 cm³/mol. The van der Waals surface area contributed by atoms with Crippen molar-refractivity contribution >= 4 is 39.3 Å². The highest BCUT2D eigenvalue weighted by Gasteiger charge is 2.11. The summed E-state index contributed by atoms with van der Waals surface area (Å²) in [6.45, 7) is 2.02. The summed E-state index contributed by atoms with van der Waals surface area (Å²) >= 11 is 2.26. The van der Waals surface area contributed by atoms with Crippen LogP contribution in [0, 0.1) is 10.5 Å². The normalized spacial score (nSPS) is 10.8. The summed E-state index contributed by atoms with van der Waals surface area (Å²) in [6.07, 6.45) is 0.391. The highest BCUT2D eigenvalue weighted by atomic mass is 127. The maximum Gasteiger partial charge on any atom is 0.185 e. The number of benzene rings is 2. The minimum absolute atomic E-state index is 0.0602. The Morgan fingerprint density at radius 2 is 1.81 bits per heavy atom.